The Balaban J connectivity index is 1.36. The third-order valence-corrected chi connectivity index (χ3v) is 7.39. The molecule has 0 aliphatic carbocycles. The van der Waals surface area contributed by atoms with E-state index in [0.717, 1.165) is 42.2 Å². The molecule has 0 spiro atoms. The zero-order valence-corrected chi connectivity index (χ0v) is 26.4. The van der Waals surface area contributed by atoms with E-state index < -0.39 is 5.97 Å². The van der Waals surface area contributed by atoms with Crippen LogP contribution >= 0.6 is 0 Å². The van der Waals surface area contributed by atoms with Crippen LogP contribution in [0, 0.1) is 0 Å². The number of benzene rings is 3. The van der Waals surface area contributed by atoms with E-state index in [9.17, 15) is 4.79 Å². The van der Waals surface area contributed by atoms with Crippen molar-refractivity contribution in [2.75, 3.05) is 13.2 Å². The van der Waals surface area contributed by atoms with Crippen LogP contribution in [0.3, 0.4) is 0 Å². The van der Waals surface area contributed by atoms with Gasteiger partial charge in [0.25, 0.3) is 0 Å². The summed E-state index contributed by atoms with van der Waals surface area (Å²) < 4.78 is 17.3. The Labute approximate surface area is 259 Å². The van der Waals surface area contributed by atoms with Crippen molar-refractivity contribution in [1.82, 2.24) is 0 Å². The van der Waals surface area contributed by atoms with Gasteiger partial charge in [-0.2, -0.15) is 0 Å². The molecule has 0 N–H and O–H groups in total. The topological polar surface area (TPSA) is 57.1 Å². The third-order valence-electron chi connectivity index (χ3n) is 7.39. The molecule has 43 heavy (non-hydrogen) atoms. The summed E-state index contributed by atoms with van der Waals surface area (Å²) in [5.74, 6) is 1.71. The molecule has 3 rings (SSSR count). The van der Waals surface area contributed by atoms with E-state index in [-0.39, 0.29) is 0 Å². The summed E-state index contributed by atoms with van der Waals surface area (Å²) in [5.41, 5.74) is 2.24. The summed E-state index contributed by atoms with van der Waals surface area (Å²) in [6.45, 7) is 5.92. The maximum Gasteiger partial charge on any atom is 0.343 e. The molecule has 0 aliphatic rings. The Morgan fingerprint density at radius 1 is 0.605 bits per heavy atom. The highest BCUT2D eigenvalue weighted by atomic mass is 16.5. The van der Waals surface area contributed by atoms with Crippen molar-refractivity contribution in [3.8, 4) is 17.2 Å². The number of unbranched alkanes of at least 4 members (excludes halogenated alkanes) is 12. The first-order valence-electron chi connectivity index (χ1n) is 16.5. The maximum absolute atomic E-state index is 12.6. The van der Waals surface area contributed by atoms with Gasteiger partial charge in [0.15, 0.2) is 0 Å². The number of rotatable bonds is 22. The first-order chi connectivity index (χ1) is 21.2. The SMILES string of the molecule is CCCCCCCCCCOc1cccc(N=Cc2ccc(OC(=O)c3ccc(OCCCCCCCC)cc3)cc2)c1. The van der Waals surface area contributed by atoms with Gasteiger partial charge in [-0.1, -0.05) is 97.0 Å². The fraction of sp³-hybridized carbons (Fsp3) is 0.474. The van der Waals surface area contributed by atoms with Gasteiger partial charge in [-0.25, -0.2) is 4.79 Å². The Hall–Kier alpha value is -3.60. The number of aliphatic imine (C=N–C) groups is 1. The average molecular weight is 586 g/mol. The lowest BCUT2D eigenvalue weighted by Crippen LogP contribution is -2.08. The average Bonchev–Trinajstić information content (AvgIpc) is 3.04. The number of carbonyl (C=O) groups excluding carboxylic acids is 1. The van der Waals surface area contributed by atoms with E-state index in [1.54, 1.807) is 30.5 Å². The quantitative estimate of drug-likeness (QED) is 0.0509. The summed E-state index contributed by atoms with van der Waals surface area (Å²) in [6.07, 6.45) is 19.5. The molecule has 0 amide bonds. The molecule has 232 valence electrons. The van der Waals surface area contributed by atoms with Gasteiger partial charge in [-0.05, 0) is 79.1 Å². The number of ether oxygens (including phenoxy) is 3. The maximum atomic E-state index is 12.6. The van der Waals surface area contributed by atoms with Crippen molar-refractivity contribution in [3.63, 3.8) is 0 Å². The first kappa shape index (κ1) is 33.9. The lowest BCUT2D eigenvalue weighted by molar-refractivity contribution is 0.0734. The van der Waals surface area contributed by atoms with Crippen LogP contribution in [0.5, 0.6) is 17.2 Å². The number of carbonyl (C=O) groups is 1. The standard InChI is InChI=1S/C38H51NO4/c1-3-5-7-9-11-12-14-16-29-42-37-19-17-18-34(30-37)39-31-32-20-24-36(25-21-32)43-38(40)33-22-26-35(27-23-33)41-28-15-13-10-8-6-4-2/h17-27,30-31H,3-16,28-29H2,1-2H3. The molecule has 0 saturated carbocycles. The predicted octanol–water partition coefficient (Wildman–Crippen LogP) is 10.9. The van der Waals surface area contributed by atoms with E-state index in [2.05, 4.69) is 18.8 Å². The van der Waals surface area contributed by atoms with Crippen LogP contribution in [0.25, 0.3) is 0 Å². The molecule has 0 aliphatic heterocycles. The number of nitrogens with zero attached hydrogens (tertiary/aromatic N) is 1. The van der Waals surface area contributed by atoms with Crippen molar-refractivity contribution in [1.29, 1.82) is 0 Å². The Morgan fingerprint density at radius 3 is 1.74 bits per heavy atom. The minimum absolute atomic E-state index is 0.396. The smallest absolute Gasteiger partial charge is 0.343 e. The fourth-order valence-electron chi connectivity index (χ4n) is 4.78. The number of hydrogen-bond acceptors (Lipinski definition) is 5. The first-order valence-corrected chi connectivity index (χ1v) is 16.5. The molecule has 0 heterocycles. The summed E-state index contributed by atoms with van der Waals surface area (Å²) in [7, 11) is 0. The van der Waals surface area contributed by atoms with E-state index in [1.165, 1.54) is 77.0 Å². The Kier molecular flexibility index (Phi) is 16.7. The summed E-state index contributed by atoms with van der Waals surface area (Å²) in [6, 6.07) is 22.3. The molecule has 0 unspecified atom stereocenters. The highest BCUT2D eigenvalue weighted by Crippen LogP contribution is 2.21. The molecule has 3 aromatic carbocycles. The predicted molar refractivity (Wildman–Crippen MR) is 179 cm³/mol. The normalized spacial score (nSPS) is 11.1. The molecule has 0 bridgehead atoms. The van der Waals surface area contributed by atoms with E-state index in [0.29, 0.717) is 17.9 Å². The van der Waals surface area contributed by atoms with Gasteiger partial charge < -0.3 is 14.2 Å². The highest BCUT2D eigenvalue weighted by Gasteiger charge is 2.09. The molecule has 0 aromatic heterocycles. The molecule has 3 aromatic rings. The van der Waals surface area contributed by atoms with Crippen LogP contribution < -0.4 is 14.2 Å². The van der Waals surface area contributed by atoms with Crippen LogP contribution in [0.2, 0.25) is 0 Å². The van der Waals surface area contributed by atoms with E-state index in [1.807, 2.05) is 48.5 Å². The van der Waals surface area contributed by atoms with Crippen molar-refractivity contribution in [2.45, 2.75) is 104 Å². The molecule has 5 heteroatoms. The Bertz CT molecular complexity index is 1190. The molecule has 0 saturated heterocycles. The lowest BCUT2D eigenvalue weighted by atomic mass is 10.1. The van der Waals surface area contributed by atoms with Crippen molar-refractivity contribution >= 4 is 17.9 Å². The third kappa shape index (κ3) is 14.4. The molecular weight excluding hydrogens is 534 g/mol. The van der Waals surface area contributed by atoms with Crippen molar-refractivity contribution in [2.24, 2.45) is 4.99 Å². The van der Waals surface area contributed by atoms with Gasteiger partial charge in [-0.3, -0.25) is 4.99 Å². The van der Waals surface area contributed by atoms with E-state index >= 15 is 0 Å². The molecule has 5 nitrogen and oxygen atoms in total. The van der Waals surface area contributed by atoms with Gasteiger partial charge in [0.1, 0.15) is 17.2 Å². The second-order valence-corrected chi connectivity index (χ2v) is 11.2. The second-order valence-electron chi connectivity index (χ2n) is 11.2. The monoisotopic (exact) mass is 585 g/mol. The van der Waals surface area contributed by atoms with E-state index in [4.69, 9.17) is 14.2 Å². The van der Waals surface area contributed by atoms with Crippen molar-refractivity contribution < 1.29 is 19.0 Å². The van der Waals surface area contributed by atoms with Crippen LogP contribution in [0.1, 0.15) is 120 Å². The summed E-state index contributed by atoms with van der Waals surface area (Å²) >= 11 is 0. The largest absolute Gasteiger partial charge is 0.494 e. The molecule has 0 atom stereocenters. The molecule has 0 radical (unpaired) electrons. The van der Waals surface area contributed by atoms with Gasteiger partial charge in [0.05, 0.1) is 24.5 Å². The second kappa shape index (κ2) is 21.1. The summed E-state index contributed by atoms with van der Waals surface area (Å²) in [5, 5.41) is 0. The number of hydrogen-bond donors (Lipinski definition) is 0. The van der Waals surface area contributed by atoms with Crippen molar-refractivity contribution in [3.05, 3.63) is 83.9 Å². The lowest BCUT2D eigenvalue weighted by Gasteiger charge is -2.08. The van der Waals surface area contributed by atoms with Gasteiger partial charge in [0.2, 0.25) is 0 Å². The Morgan fingerprint density at radius 2 is 1.14 bits per heavy atom. The zero-order chi connectivity index (χ0) is 30.4. The van der Waals surface area contributed by atoms with Gasteiger partial charge >= 0.3 is 5.97 Å². The molecule has 0 fully saturated rings. The summed E-state index contributed by atoms with van der Waals surface area (Å²) in [4.78, 5) is 17.2. The highest BCUT2D eigenvalue weighted by molar-refractivity contribution is 5.91. The van der Waals surface area contributed by atoms with Crippen LogP contribution in [-0.2, 0) is 0 Å². The molecular formula is C38H51NO4. The number of esters is 1. The van der Waals surface area contributed by atoms with Crippen LogP contribution in [-0.4, -0.2) is 25.4 Å². The van der Waals surface area contributed by atoms with Crippen LogP contribution in [0.4, 0.5) is 5.69 Å². The minimum Gasteiger partial charge on any atom is -0.494 e. The fourth-order valence-corrected chi connectivity index (χ4v) is 4.78. The zero-order valence-electron chi connectivity index (χ0n) is 26.4. The van der Waals surface area contributed by atoms with Gasteiger partial charge in [-0.15, -0.1) is 0 Å². The van der Waals surface area contributed by atoms with Gasteiger partial charge in [0, 0.05) is 12.3 Å². The van der Waals surface area contributed by atoms with Crippen LogP contribution in [0.15, 0.2) is 77.8 Å². The minimum atomic E-state index is -0.396.